The Labute approximate surface area is 242 Å². The fourth-order valence-electron chi connectivity index (χ4n) is 5.63. The second-order valence-electron chi connectivity index (χ2n) is 11.1. The van der Waals surface area contributed by atoms with E-state index >= 15 is 0 Å². The van der Waals surface area contributed by atoms with E-state index in [9.17, 15) is 13.2 Å². The Morgan fingerprint density at radius 3 is 2.41 bits per heavy atom. The Hall–Kier alpha value is -3.28. The van der Waals surface area contributed by atoms with Crippen LogP contribution in [0.5, 0.6) is 0 Å². The number of hydrogen-bond acceptors (Lipinski definition) is 7. The third kappa shape index (κ3) is 8.61. The molecule has 0 spiro atoms. The summed E-state index contributed by atoms with van der Waals surface area (Å²) in [6.07, 6.45) is 8.00. The molecule has 0 bridgehead atoms. The van der Waals surface area contributed by atoms with Gasteiger partial charge in [-0.3, -0.25) is 9.52 Å². The molecule has 1 atom stereocenters. The quantitative estimate of drug-likeness (QED) is 0.356. The summed E-state index contributed by atoms with van der Waals surface area (Å²) in [7, 11) is -3.29. The smallest absolute Gasteiger partial charge is 0.229 e. The number of piperidine rings is 1. The van der Waals surface area contributed by atoms with Gasteiger partial charge in [0, 0.05) is 50.9 Å². The van der Waals surface area contributed by atoms with E-state index in [0.717, 1.165) is 74.9 Å². The lowest BCUT2D eigenvalue weighted by atomic mass is 9.97. The van der Waals surface area contributed by atoms with Crippen molar-refractivity contribution in [3.8, 4) is 0 Å². The van der Waals surface area contributed by atoms with Crippen LogP contribution in [0.4, 0.5) is 5.69 Å². The zero-order valence-electron chi connectivity index (χ0n) is 23.6. The molecule has 11 heteroatoms. The van der Waals surface area contributed by atoms with Crippen LogP contribution in [0.15, 0.2) is 60.9 Å². The van der Waals surface area contributed by atoms with Crippen LogP contribution < -0.4 is 10.0 Å². The lowest BCUT2D eigenvalue weighted by molar-refractivity contribution is -0.128. The first-order chi connectivity index (χ1) is 19.8. The average molecular weight is 581 g/mol. The van der Waals surface area contributed by atoms with Crippen LogP contribution in [0, 0.1) is 5.92 Å². The number of nitrogens with zero attached hydrogens (tertiary/aromatic N) is 4. The van der Waals surface area contributed by atoms with Gasteiger partial charge in [0.2, 0.25) is 15.9 Å². The molecule has 2 aliphatic rings. The van der Waals surface area contributed by atoms with E-state index in [0.29, 0.717) is 31.4 Å². The van der Waals surface area contributed by atoms with Crippen LogP contribution in [-0.4, -0.2) is 73.1 Å². The molecule has 2 aromatic carbocycles. The molecule has 220 valence electrons. The molecule has 2 saturated heterocycles. The van der Waals surface area contributed by atoms with Crippen molar-refractivity contribution < 1.29 is 17.9 Å². The first-order valence-electron chi connectivity index (χ1n) is 14.4. The van der Waals surface area contributed by atoms with Crippen molar-refractivity contribution in [3.05, 3.63) is 77.9 Å². The molecule has 3 heterocycles. The normalized spacial score (nSPS) is 18.2. The zero-order chi connectivity index (χ0) is 28.7. The number of aromatic nitrogens is 3. The highest BCUT2D eigenvalue weighted by molar-refractivity contribution is 7.92. The summed E-state index contributed by atoms with van der Waals surface area (Å²) in [6.45, 7) is 4.20. The SMILES string of the molecule is CS(=O)(=O)Nc1ccc(Cc2ncn(C3CCN(CCC(NC(=O)C4CCOCC4)c4ccccc4)CC3)n2)cc1. The number of carbonyl (C=O) groups excluding carboxylic acids is 1. The minimum absolute atomic E-state index is 0.00152. The molecule has 0 saturated carbocycles. The van der Waals surface area contributed by atoms with Gasteiger partial charge in [-0.1, -0.05) is 42.5 Å². The predicted octanol–water partition coefficient (Wildman–Crippen LogP) is 3.55. The van der Waals surface area contributed by atoms with Gasteiger partial charge in [0.05, 0.1) is 18.3 Å². The largest absolute Gasteiger partial charge is 0.381 e. The van der Waals surface area contributed by atoms with Gasteiger partial charge >= 0.3 is 0 Å². The van der Waals surface area contributed by atoms with Crippen molar-refractivity contribution in [2.75, 3.05) is 43.8 Å². The number of carbonyl (C=O) groups is 1. The van der Waals surface area contributed by atoms with Gasteiger partial charge in [0.1, 0.15) is 6.33 Å². The summed E-state index contributed by atoms with van der Waals surface area (Å²) in [5.41, 5.74) is 2.71. The lowest BCUT2D eigenvalue weighted by Crippen LogP contribution is -2.40. The highest BCUT2D eigenvalue weighted by Crippen LogP contribution is 2.25. The van der Waals surface area contributed by atoms with Gasteiger partial charge in [-0.15, -0.1) is 0 Å². The lowest BCUT2D eigenvalue weighted by Gasteiger charge is -2.33. The summed E-state index contributed by atoms with van der Waals surface area (Å²) in [5.74, 6) is 0.932. The number of amides is 1. The Bertz CT molecular complexity index is 1370. The predicted molar refractivity (Wildman–Crippen MR) is 158 cm³/mol. The van der Waals surface area contributed by atoms with E-state index in [1.807, 2.05) is 41.3 Å². The molecular formula is C30H40N6O4S. The van der Waals surface area contributed by atoms with E-state index in [-0.39, 0.29) is 17.9 Å². The van der Waals surface area contributed by atoms with Crippen molar-refractivity contribution in [2.24, 2.45) is 5.92 Å². The van der Waals surface area contributed by atoms with Gasteiger partial charge in [-0.25, -0.2) is 18.1 Å². The summed E-state index contributed by atoms with van der Waals surface area (Å²) < 4.78 is 32.7. The molecule has 41 heavy (non-hydrogen) atoms. The maximum absolute atomic E-state index is 13.0. The van der Waals surface area contributed by atoms with Crippen molar-refractivity contribution >= 4 is 21.6 Å². The van der Waals surface area contributed by atoms with Crippen molar-refractivity contribution in [2.45, 2.75) is 50.6 Å². The number of nitrogens with one attached hydrogen (secondary N) is 2. The highest BCUT2D eigenvalue weighted by Gasteiger charge is 2.26. The first-order valence-corrected chi connectivity index (χ1v) is 16.3. The molecule has 0 radical (unpaired) electrons. The fourth-order valence-corrected chi connectivity index (χ4v) is 6.20. The molecule has 2 aliphatic heterocycles. The van der Waals surface area contributed by atoms with Crippen LogP contribution in [0.3, 0.4) is 0 Å². The molecule has 1 unspecified atom stereocenters. The Morgan fingerprint density at radius 2 is 1.73 bits per heavy atom. The monoisotopic (exact) mass is 580 g/mol. The number of benzene rings is 2. The molecule has 1 aromatic heterocycles. The Balaban J connectivity index is 1.10. The zero-order valence-corrected chi connectivity index (χ0v) is 24.4. The number of likely N-dealkylation sites (tertiary alicyclic amines) is 1. The van der Waals surface area contributed by atoms with Gasteiger partial charge in [-0.2, -0.15) is 5.10 Å². The minimum atomic E-state index is -3.29. The van der Waals surface area contributed by atoms with E-state index in [4.69, 9.17) is 9.84 Å². The minimum Gasteiger partial charge on any atom is -0.381 e. The molecule has 1 amide bonds. The van der Waals surface area contributed by atoms with E-state index in [1.165, 1.54) is 0 Å². The molecule has 5 rings (SSSR count). The maximum atomic E-state index is 13.0. The number of ether oxygens (including phenoxy) is 1. The Morgan fingerprint density at radius 1 is 1.02 bits per heavy atom. The number of anilines is 1. The number of rotatable bonds is 11. The number of hydrogen-bond donors (Lipinski definition) is 2. The molecule has 2 fully saturated rings. The molecule has 3 aromatic rings. The summed E-state index contributed by atoms with van der Waals surface area (Å²) in [4.78, 5) is 20.0. The van der Waals surface area contributed by atoms with E-state index in [1.54, 1.807) is 12.1 Å². The van der Waals surface area contributed by atoms with Gasteiger partial charge < -0.3 is 15.0 Å². The summed E-state index contributed by atoms with van der Waals surface area (Å²) in [5, 5.41) is 8.09. The summed E-state index contributed by atoms with van der Waals surface area (Å²) in [6, 6.07) is 17.9. The fraction of sp³-hybridized carbons (Fsp3) is 0.500. The van der Waals surface area contributed by atoms with Crippen LogP contribution in [0.25, 0.3) is 0 Å². The molecule has 10 nitrogen and oxygen atoms in total. The van der Waals surface area contributed by atoms with Gasteiger partial charge in [0.25, 0.3) is 0 Å². The van der Waals surface area contributed by atoms with E-state index in [2.05, 4.69) is 32.1 Å². The van der Waals surface area contributed by atoms with Crippen LogP contribution in [-0.2, 0) is 26.0 Å². The first kappa shape index (κ1) is 29.2. The van der Waals surface area contributed by atoms with Crippen LogP contribution in [0.2, 0.25) is 0 Å². The van der Waals surface area contributed by atoms with Gasteiger partial charge in [0.15, 0.2) is 5.82 Å². The van der Waals surface area contributed by atoms with Crippen LogP contribution >= 0.6 is 0 Å². The molecule has 0 aliphatic carbocycles. The second-order valence-corrected chi connectivity index (χ2v) is 12.9. The van der Waals surface area contributed by atoms with Crippen molar-refractivity contribution in [1.29, 1.82) is 0 Å². The third-order valence-corrected chi connectivity index (χ3v) is 8.56. The Kier molecular flexibility index (Phi) is 9.68. The number of sulfonamides is 1. The molecular weight excluding hydrogens is 540 g/mol. The van der Waals surface area contributed by atoms with Crippen molar-refractivity contribution in [1.82, 2.24) is 25.0 Å². The molecule has 2 N–H and O–H groups in total. The second kappa shape index (κ2) is 13.6. The summed E-state index contributed by atoms with van der Waals surface area (Å²) >= 11 is 0. The topological polar surface area (TPSA) is 118 Å². The highest BCUT2D eigenvalue weighted by atomic mass is 32.2. The van der Waals surface area contributed by atoms with Gasteiger partial charge in [-0.05, 0) is 55.4 Å². The van der Waals surface area contributed by atoms with Crippen molar-refractivity contribution in [3.63, 3.8) is 0 Å². The average Bonchev–Trinajstić information content (AvgIpc) is 3.45. The standard InChI is InChI=1S/C30H40N6O4S/c1-41(38,39)34-26-9-7-23(8-10-26)21-29-31-22-36(33-29)27-11-16-35(17-12-27)18-13-28(24-5-3-2-4-6-24)32-30(37)25-14-19-40-20-15-25/h2-10,22,25,27-28,34H,11-21H2,1H3,(H,32,37). The third-order valence-electron chi connectivity index (χ3n) is 7.95. The van der Waals surface area contributed by atoms with Crippen LogP contribution in [0.1, 0.15) is 61.1 Å². The van der Waals surface area contributed by atoms with E-state index < -0.39 is 10.0 Å². The maximum Gasteiger partial charge on any atom is 0.229 e.